The highest BCUT2D eigenvalue weighted by atomic mass is 19.1. The van der Waals surface area contributed by atoms with Crippen LogP contribution in [0.3, 0.4) is 0 Å². The molecule has 1 saturated heterocycles. The molecule has 186 valence electrons. The number of nitrogens with zero attached hydrogens (tertiary/aromatic N) is 4. The summed E-state index contributed by atoms with van der Waals surface area (Å²) in [6, 6.07) is 16.1. The third-order valence-electron chi connectivity index (χ3n) is 6.55. The Kier molecular flexibility index (Phi) is 8.18. The van der Waals surface area contributed by atoms with Crippen molar-refractivity contribution in [2.75, 3.05) is 44.7 Å². The Labute approximate surface area is 207 Å². The lowest BCUT2D eigenvalue weighted by Gasteiger charge is -2.33. The summed E-state index contributed by atoms with van der Waals surface area (Å²) in [4.78, 5) is 19.9. The van der Waals surface area contributed by atoms with Gasteiger partial charge in [0.1, 0.15) is 11.5 Å². The first kappa shape index (κ1) is 24.9. The number of aromatic nitrogens is 1. The van der Waals surface area contributed by atoms with E-state index in [1.54, 1.807) is 12.1 Å². The summed E-state index contributed by atoms with van der Waals surface area (Å²) in [6.45, 7) is 8.89. The van der Waals surface area contributed by atoms with Gasteiger partial charge < -0.3 is 19.2 Å². The Balaban J connectivity index is 1.66. The molecule has 1 fully saturated rings. The molecule has 6 nitrogen and oxygen atoms in total. The molecule has 3 aromatic rings. The van der Waals surface area contributed by atoms with Crippen LogP contribution in [-0.4, -0.2) is 60.6 Å². The minimum atomic E-state index is -0.297. The van der Waals surface area contributed by atoms with Gasteiger partial charge in [-0.3, -0.25) is 4.79 Å². The molecular weight excluding hydrogens is 443 g/mol. The molecule has 0 radical (unpaired) electrons. The maximum atomic E-state index is 13.6. The lowest BCUT2D eigenvalue weighted by atomic mass is 10.0. The first-order chi connectivity index (χ1) is 16.9. The molecule has 0 spiro atoms. The second kappa shape index (κ2) is 11.5. The second-order valence-corrected chi connectivity index (χ2v) is 9.77. The van der Waals surface area contributed by atoms with Gasteiger partial charge in [0.05, 0.1) is 18.5 Å². The molecule has 2 aromatic carbocycles. The van der Waals surface area contributed by atoms with E-state index in [1.165, 1.54) is 12.1 Å². The average Bonchev–Trinajstić information content (AvgIpc) is 3.26. The van der Waals surface area contributed by atoms with Gasteiger partial charge in [0, 0.05) is 38.3 Å². The average molecular weight is 479 g/mol. The Morgan fingerprint density at radius 1 is 1.06 bits per heavy atom. The van der Waals surface area contributed by atoms with Crippen molar-refractivity contribution in [3.63, 3.8) is 0 Å². The Morgan fingerprint density at radius 3 is 2.40 bits per heavy atom. The lowest BCUT2D eigenvalue weighted by Crippen LogP contribution is -2.45. The molecule has 0 atom stereocenters. The van der Waals surface area contributed by atoms with Crippen molar-refractivity contribution in [3.8, 4) is 11.3 Å². The smallest absolute Gasteiger partial charge is 0.232 e. The summed E-state index contributed by atoms with van der Waals surface area (Å²) in [5, 5.41) is 4.41. The normalized spacial score (nSPS) is 14.5. The van der Waals surface area contributed by atoms with Gasteiger partial charge in [-0.1, -0.05) is 49.3 Å². The van der Waals surface area contributed by atoms with Crippen LogP contribution in [0.5, 0.6) is 0 Å². The van der Waals surface area contributed by atoms with Crippen molar-refractivity contribution < 1.29 is 13.7 Å². The number of carbonyl (C=O) groups excluding carboxylic acids is 1. The quantitative estimate of drug-likeness (QED) is 0.440. The first-order valence-corrected chi connectivity index (χ1v) is 12.4. The monoisotopic (exact) mass is 478 g/mol. The number of rotatable bonds is 9. The SMILES string of the molecule is CC(C)CCN(Cc1c(-c2ccc(F)cc2)noc1N1CCN(C)CC1)C(=O)Cc1ccccc1. The zero-order valence-corrected chi connectivity index (χ0v) is 20.9. The highest BCUT2D eigenvalue weighted by Gasteiger charge is 2.28. The van der Waals surface area contributed by atoms with Gasteiger partial charge >= 0.3 is 0 Å². The Bertz CT molecular complexity index is 1090. The third kappa shape index (κ3) is 6.48. The van der Waals surface area contributed by atoms with Gasteiger partial charge in [-0.25, -0.2) is 4.39 Å². The zero-order chi connectivity index (χ0) is 24.8. The molecule has 1 amide bonds. The predicted octanol–water partition coefficient (Wildman–Crippen LogP) is 4.85. The molecular formula is C28H35FN4O2. The minimum absolute atomic E-state index is 0.0763. The zero-order valence-electron chi connectivity index (χ0n) is 20.9. The molecule has 0 N–H and O–H groups in total. The molecule has 0 unspecified atom stereocenters. The summed E-state index contributed by atoms with van der Waals surface area (Å²) < 4.78 is 19.5. The van der Waals surface area contributed by atoms with E-state index >= 15 is 0 Å². The van der Waals surface area contributed by atoms with Crippen molar-refractivity contribution >= 4 is 11.8 Å². The Morgan fingerprint density at radius 2 is 1.74 bits per heavy atom. The van der Waals surface area contributed by atoms with E-state index in [2.05, 4.69) is 35.9 Å². The second-order valence-electron chi connectivity index (χ2n) is 9.77. The summed E-state index contributed by atoms with van der Waals surface area (Å²) in [5.74, 6) is 0.958. The van der Waals surface area contributed by atoms with E-state index in [-0.39, 0.29) is 11.7 Å². The minimum Gasteiger partial charge on any atom is -0.338 e. The van der Waals surface area contributed by atoms with E-state index in [0.29, 0.717) is 37.0 Å². The van der Waals surface area contributed by atoms with Crippen molar-refractivity contribution in [1.29, 1.82) is 0 Å². The van der Waals surface area contributed by atoms with Crippen LogP contribution in [0.25, 0.3) is 11.3 Å². The van der Waals surface area contributed by atoms with E-state index in [4.69, 9.17) is 4.52 Å². The summed E-state index contributed by atoms with van der Waals surface area (Å²) in [6.07, 6.45) is 1.25. The van der Waals surface area contributed by atoms with Gasteiger partial charge in [0.25, 0.3) is 0 Å². The van der Waals surface area contributed by atoms with Crippen LogP contribution in [-0.2, 0) is 17.8 Å². The lowest BCUT2D eigenvalue weighted by molar-refractivity contribution is -0.131. The molecule has 0 bridgehead atoms. The molecule has 35 heavy (non-hydrogen) atoms. The molecule has 2 heterocycles. The van der Waals surface area contributed by atoms with Gasteiger partial charge in [-0.15, -0.1) is 0 Å². The summed E-state index contributed by atoms with van der Waals surface area (Å²) in [5.41, 5.74) is 3.33. The number of benzene rings is 2. The number of carbonyl (C=O) groups is 1. The van der Waals surface area contributed by atoms with Crippen LogP contribution >= 0.6 is 0 Å². The Hall–Kier alpha value is -3.19. The molecule has 1 aliphatic rings. The molecule has 0 aliphatic carbocycles. The van der Waals surface area contributed by atoms with Gasteiger partial charge in [0.2, 0.25) is 11.8 Å². The number of amides is 1. The molecule has 4 rings (SSSR count). The fourth-order valence-electron chi connectivity index (χ4n) is 4.31. The number of piperazine rings is 1. The van der Waals surface area contributed by atoms with Crippen molar-refractivity contribution in [3.05, 3.63) is 71.5 Å². The van der Waals surface area contributed by atoms with Crippen LogP contribution in [0.2, 0.25) is 0 Å². The van der Waals surface area contributed by atoms with Gasteiger partial charge in [-0.05, 0) is 49.2 Å². The highest BCUT2D eigenvalue weighted by molar-refractivity contribution is 5.79. The fraction of sp³-hybridized carbons (Fsp3) is 0.429. The van der Waals surface area contributed by atoms with Gasteiger partial charge in [-0.2, -0.15) is 0 Å². The largest absolute Gasteiger partial charge is 0.338 e. The molecule has 7 heteroatoms. The molecule has 1 aromatic heterocycles. The maximum absolute atomic E-state index is 13.6. The van der Waals surface area contributed by atoms with Crippen molar-refractivity contribution in [1.82, 2.24) is 15.0 Å². The summed E-state index contributed by atoms with van der Waals surface area (Å²) in [7, 11) is 2.11. The van der Waals surface area contributed by atoms with Crippen LogP contribution in [0.1, 0.15) is 31.4 Å². The standard InChI is InChI=1S/C28H35FN4O2/c1-21(2)13-14-33(26(34)19-22-7-5-4-6-8-22)20-25-27(23-9-11-24(29)12-10-23)30-35-28(25)32-17-15-31(3)16-18-32/h4-12,21H,13-20H2,1-3H3. The van der Waals surface area contributed by atoms with Crippen LogP contribution < -0.4 is 4.90 Å². The number of hydrogen-bond donors (Lipinski definition) is 0. The maximum Gasteiger partial charge on any atom is 0.232 e. The number of halogens is 1. The topological polar surface area (TPSA) is 52.8 Å². The van der Waals surface area contributed by atoms with Crippen LogP contribution in [0.15, 0.2) is 59.1 Å². The van der Waals surface area contributed by atoms with Crippen molar-refractivity contribution in [2.45, 2.75) is 33.2 Å². The van der Waals surface area contributed by atoms with Gasteiger partial charge in [0.15, 0.2) is 0 Å². The third-order valence-corrected chi connectivity index (χ3v) is 6.55. The van der Waals surface area contributed by atoms with Crippen LogP contribution in [0, 0.1) is 11.7 Å². The fourth-order valence-corrected chi connectivity index (χ4v) is 4.31. The molecule has 0 saturated carbocycles. The van der Waals surface area contributed by atoms with E-state index < -0.39 is 0 Å². The number of likely N-dealkylation sites (N-methyl/N-ethyl adjacent to an activating group) is 1. The number of hydrogen-bond acceptors (Lipinski definition) is 5. The molecule has 1 aliphatic heterocycles. The van der Waals surface area contributed by atoms with E-state index in [0.717, 1.165) is 49.3 Å². The van der Waals surface area contributed by atoms with E-state index in [9.17, 15) is 9.18 Å². The van der Waals surface area contributed by atoms with Crippen molar-refractivity contribution in [2.24, 2.45) is 5.92 Å². The van der Waals surface area contributed by atoms with E-state index in [1.807, 2.05) is 35.2 Å². The first-order valence-electron chi connectivity index (χ1n) is 12.4. The number of anilines is 1. The predicted molar refractivity (Wildman–Crippen MR) is 137 cm³/mol. The van der Waals surface area contributed by atoms with Crippen LogP contribution in [0.4, 0.5) is 10.3 Å². The summed E-state index contributed by atoms with van der Waals surface area (Å²) >= 11 is 0. The highest BCUT2D eigenvalue weighted by Crippen LogP contribution is 2.33.